The molecule has 0 bridgehead atoms. The second-order valence-electron chi connectivity index (χ2n) is 14.7. The zero-order valence-corrected chi connectivity index (χ0v) is 31.7. The number of nitrogens with zero attached hydrogens (tertiary/aromatic N) is 4. The molecule has 3 fully saturated rings. The number of nitrogens with one attached hydrogen (secondary N) is 2. The summed E-state index contributed by atoms with van der Waals surface area (Å²) in [6.45, 7) is 9.07. The number of likely N-dealkylation sites (tertiary alicyclic amines) is 2. The number of aromatic nitrogens is 2. The zero-order chi connectivity index (χ0) is 37.0. The first-order chi connectivity index (χ1) is 25.6. The van der Waals surface area contributed by atoms with Crippen molar-refractivity contribution in [3.8, 4) is 51.2 Å². The topological polar surface area (TPSA) is 118 Å². The van der Waals surface area contributed by atoms with Gasteiger partial charge in [0, 0.05) is 98.0 Å². The van der Waals surface area contributed by atoms with Gasteiger partial charge in [0.05, 0.1) is 47.3 Å². The highest BCUT2D eigenvalue weighted by Crippen LogP contribution is 2.46. The van der Waals surface area contributed by atoms with Gasteiger partial charge in [-0.05, 0) is 25.0 Å². The van der Waals surface area contributed by atoms with Crippen molar-refractivity contribution in [1.82, 2.24) is 30.4 Å². The molecule has 4 aliphatic heterocycles. The van der Waals surface area contributed by atoms with E-state index >= 15 is 0 Å². The number of carbonyl (C=O) groups excluding carboxylic acids is 2. The third-order valence-electron chi connectivity index (χ3n) is 11.0. The van der Waals surface area contributed by atoms with Crippen molar-refractivity contribution in [2.24, 2.45) is 5.41 Å². The van der Waals surface area contributed by atoms with Crippen molar-refractivity contribution in [3.63, 3.8) is 0 Å². The molecule has 11 nitrogen and oxygen atoms in total. The van der Waals surface area contributed by atoms with Crippen LogP contribution in [0.3, 0.4) is 0 Å². The van der Waals surface area contributed by atoms with Crippen LogP contribution in [0.15, 0.2) is 48.5 Å². The highest BCUT2D eigenvalue weighted by molar-refractivity contribution is 6.39. The van der Waals surface area contributed by atoms with Crippen LogP contribution in [0.2, 0.25) is 10.0 Å². The Balaban J connectivity index is 1.04. The van der Waals surface area contributed by atoms with E-state index in [9.17, 15) is 9.59 Å². The molecule has 0 aliphatic carbocycles. The van der Waals surface area contributed by atoms with E-state index < -0.39 is 0 Å². The van der Waals surface area contributed by atoms with Crippen LogP contribution in [0.25, 0.3) is 33.6 Å². The van der Waals surface area contributed by atoms with Gasteiger partial charge in [-0.1, -0.05) is 59.6 Å². The number of carbonyl (C=O) groups is 2. The van der Waals surface area contributed by atoms with E-state index in [2.05, 4.69) is 28.5 Å². The Morgan fingerprint density at radius 3 is 2.19 bits per heavy atom. The number of hydrogen-bond acceptors (Lipinski definition) is 9. The minimum atomic E-state index is -0.123. The van der Waals surface area contributed by atoms with Gasteiger partial charge >= 0.3 is 0 Å². The molecule has 4 aliphatic rings. The number of rotatable bonds is 10. The van der Waals surface area contributed by atoms with E-state index in [0.717, 1.165) is 72.5 Å². The monoisotopic (exact) mass is 756 g/mol. The summed E-state index contributed by atoms with van der Waals surface area (Å²) < 4.78 is 17.7. The molecule has 2 amide bonds. The molecule has 3 saturated heterocycles. The van der Waals surface area contributed by atoms with Crippen molar-refractivity contribution in [1.29, 1.82) is 0 Å². The number of amides is 2. The third kappa shape index (κ3) is 6.58. The zero-order valence-electron chi connectivity index (χ0n) is 30.2. The normalized spacial score (nSPS) is 20.0. The maximum Gasteiger partial charge on any atom is 0.222 e. The van der Waals surface area contributed by atoms with Crippen molar-refractivity contribution < 1.29 is 23.8 Å². The van der Waals surface area contributed by atoms with Crippen molar-refractivity contribution in [2.75, 3.05) is 53.6 Å². The lowest BCUT2D eigenvalue weighted by Gasteiger charge is -2.60. The quantitative estimate of drug-likeness (QED) is 0.199. The molecule has 0 unspecified atom stereocenters. The van der Waals surface area contributed by atoms with Crippen LogP contribution in [-0.2, 0) is 16.1 Å². The standard InChI is InChI=1S/C40H42Cl2N6O5/c1-22-13-30(45-38(51-3)29(22)16-47-18-40(19-47)20-48(21-40)23(2)49)27-9-5-7-25(36(27)41)26-8-6-10-28(37(26)42)31-14-33-35(39(46-31)52-4)32(17-53-33)43-15-24-11-12-34(50)44-24/h5-10,13-14,24,32,43H,11-12,15-21H2,1-4H3,(H,44,50)/t24-,32-/m0/s1. The lowest BCUT2D eigenvalue weighted by atomic mass is 9.72. The number of hydrogen-bond donors (Lipinski definition) is 2. The van der Waals surface area contributed by atoms with Crippen LogP contribution < -0.4 is 24.8 Å². The number of halogens is 2. The van der Waals surface area contributed by atoms with Crippen molar-refractivity contribution in [2.45, 2.75) is 45.3 Å². The summed E-state index contributed by atoms with van der Waals surface area (Å²) in [6, 6.07) is 15.6. The van der Waals surface area contributed by atoms with E-state index in [-0.39, 0.29) is 29.3 Å². The Bertz CT molecular complexity index is 2110. The predicted octanol–water partition coefficient (Wildman–Crippen LogP) is 6.08. The van der Waals surface area contributed by atoms with Crippen LogP contribution in [0.1, 0.15) is 42.5 Å². The van der Waals surface area contributed by atoms with E-state index in [4.69, 9.17) is 47.4 Å². The Morgan fingerprint density at radius 2 is 1.58 bits per heavy atom. The molecule has 2 aromatic heterocycles. The molecule has 8 rings (SSSR count). The van der Waals surface area contributed by atoms with E-state index in [0.29, 0.717) is 64.1 Å². The minimum Gasteiger partial charge on any atom is -0.491 e. The van der Waals surface area contributed by atoms with Gasteiger partial charge in [0.15, 0.2) is 0 Å². The van der Waals surface area contributed by atoms with Crippen LogP contribution in [-0.4, -0.2) is 91.2 Å². The van der Waals surface area contributed by atoms with E-state index in [1.165, 1.54) is 0 Å². The SMILES string of the molecule is COc1nc(-c2cccc(-c3cccc(-c4cc5c(c(OC)n4)[C@@H](NC[C@@H]4CCC(=O)N4)CO5)c3Cl)c2Cl)cc(C)c1CN1CC2(C1)CN(C(C)=O)C2. The van der Waals surface area contributed by atoms with Gasteiger partial charge in [-0.25, -0.2) is 9.97 Å². The summed E-state index contributed by atoms with van der Waals surface area (Å²) >= 11 is 14.4. The van der Waals surface area contributed by atoms with Gasteiger partial charge in [-0.2, -0.15) is 0 Å². The van der Waals surface area contributed by atoms with Crippen LogP contribution >= 0.6 is 23.2 Å². The maximum absolute atomic E-state index is 11.7. The number of pyridine rings is 2. The third-order valence-corrected chi connectivity index (χ3v) is 11.8. The first-order valence-electron chi connectivity index (χ1n) is 17.9. The van der Waals surface area contributed by atoms with Crippen molar-refractivity contribution in [3.05, 3.63) is 75.3 Å². The molecule has 0 saturated carbocycles. The Labute approximate surface area is 318 Å². The molecule has 0 radical (unpaired) electrons. The van der Waals surface area contributed by atoms with Gasteiger partial charge in [0.2, 0.25) is 23.6 Å². The molecule has 53 heavy (non-hydrogen) atoms. The fourth-order valence-corrected chi connectivity index (χ4v) is 8.89. The molecular formula is C40H42Cl2N6O5. The first kappa shape index (κ1) is 35.6. The highest BCUT2D eigenvalue weighted by atomic mass is 35.5. The molecule has 2 N–H and O–H groups in total. The molecule has 2 atom stereocenters. The highest BCUT2D eigenvalue weighted by Gasteiger charge is 2.52. The number of ether oxygens (including phenoxy) is 3. The summed E-state index contributed by atoms with van der Waals surface area (Å²) in [5.41, 5.74) is 7.49. The minimum absolute atomic E-state index is 0.0854. The number of fused-ring (bicyclic) bond motifs is 1. The largest absolute Gasteiger partial charge is 0.491 e. The van der Waals surface area contributed by atoms with Gasteiger partial charge in [-0.3, -0.25) is 14.5 Å². The second-order valence-corrected chi connectivity index (χ2v) is 15.4. The Kier molecular flexibility index (Phi) is 9.47. The van der Waals surface area contributed by atoms with Gasteiger partial charge in [-0.15, -0.1) is 0 Å². The average molecular weight is 758 g/mol. The number of aryl methyl sites for hydroxylation is 1. The molecule has 276 valence electrons. The summed E-state index contributed by atoms with van der Waals surface area (Å²) in [6.07, 6.45) is 1.36. The fourth-order valence-electron chi connectivity index (χ4n) is 8.24. The van der Waals surface area contributed by atoms with E-state index in [1.807, 2.05) is 47.4 Å². The van der Waals surface area contributed by atoms with Crippen LogP contribution in [0, 0.1) is 12.3 Å². The van der Waals surface area contributed by atoms with Crippen LogP contribution in [0.5, 0.6) is 17.5 Å². The molecule has 1 spiro atoms. The average Bonchev–Trinajstić information content (AvgIpc) is 3.73. The fraction of sp³-hybridized carbons (Fsp3) is 0.400. The van der Waals surface area contributed by atoms with Crippen molar-refractivity contribution >= 4 is 35.0 Å². The number of benzene rings is 2. The molecule has 4 aromatic rings. The summed E-state index contributed by atoms with van der Waals surface area (Å²) in [5.74, 6) is 1.94. The predicted molar refractivity (Wildman–Crippen MR) is 204 cm³/mol. The number of methoxy groups -OCH3 is 2. The molecular weight excluding hydrogens is 715 g/mol. The smallest absolute Gasteiger partial charge is 0.222 e. The van der Waals surface area contributed by atoms with E-state index in [1.54, 1.807) is 21.1 Å². The Hall–Kier alpha value is -4.42. The summed E-state index contributed by atoms with van der Waals surface area (Å²) in [4.78, 5) is 37.5. The molecule has 13 heteroatoms. The lowest BCUT2D eigenvalue weighted by Crippen LogP contribution is -2.72. The summed E-state index contributed by atoms with van der Waals surface area (Å²) in [5, 5.41) is 7.53. The Morgan fingerprint density at radius 1 is 0.962 bits per heavy atom. The van der Waals surface area contributed by atoms with Gasteiger partial charge in [0.1, 0.15) is 12.4 Å². The first-order valence-corrected chi connectivity index (χ1v) is 18.7. The lowest BCUT2D eigenvalue weighted by molar-refractivity contribution is -0.157. The summed E-state index contributed by atoms with van der Waals surface area (Å²) in [7, 11) is 3.24. The van der Waals surface area contributed by atoms with Gasteiger partial charge in [0.25, 0.3) is 0 Å². The second kappa shape index (κ2) is 14.1. The van der Waals surface area contributed by atoms with Gasteiger partial charge < -0.3 is 29.7 Å². The molecule has 6 heterocycles. The molecule has 2 aromatic carbocycles. The van der Waals surface area contributed by atoms with Crippen LogP contribution in [0.4, 0.5) is 0 Å². The maximum atomic E-state index is 11.7.